The van der Waals surface area contributed by atoms with Crippen LogP contribution in [0.4, 0.5) is 5.69 Å². The van der Waals surface area contributed by atoms with E-state index in [1.165, 1.54) is 17.8 Å². The highest BCUT2D eigenvalue weighted by molar-refractivity contribution is 7.99. The molecule has 1 atom stereocenters. The number of aliphatic hydroxyl groups is 1. The number of nitro benzene ring substituents is 1. The lowest BCUT2D eigenvalue weighted by atomic mass is 10.1. The molecular weight excluding hydrogens is 290 g/mol. The number of rotatable bonds is 5. The van der Waals surface area contributed by atoms with Gasteiger partial charge in [0.15, 0.2) is 0 Å². The lowest BCUT2D eigenvalue weighted by Crippen LogP contribution is -1.96. The second-order valence-corrected chi connectivity index (χ2v) is 5.50. The topological polar surface area (TPSA) is 72.6 Å². The van der Waals surface area contributed by atoms with E-state index in [-0.39, 0.29) is 5.69 Å². The SMILES string of the molecule is COc1ccccc1Sc1ccc(C(C)O)cc1[N+](=O)[O-]. The summed E-state index contributed by atoms with van der Waals surface area (Å²) in [4.78, 5) is 12.1. The second-order valence-electron chi connectivity index (χ2n) is 4.41. The van der Waals surface area contributed by atoms with Crippen LogP contribution in [0.25, 0.3) is 0 Å². The number of nitro groups is 1. The van der Waals surface area contributed by atoms with Crippen LogP contribution in [0.3, 0.4) is 0 Å². The van der Waals surface area contributed by atoms with E-state index in [1.807, 2.05) is 18.2 Å². The maximum Gasteiger partial charge on any atom is 0.283 e. The Morgan fingerprint density at radius 1 is 1.24 bits per heavy atom. The molecule has 1 N–H and O–H groups in total. The maximum absolute atomic E-state index is 11.2. The van der Waals surface area contributed by atoms with Gasteiger partial charge in [0.05, 0.1) is 27.9 Å². The smallest absolute Gasteiger partial charge is 0.283 e. The molecule has 0 spiro atoms. The molecule has 0 amide bonds. The molecule has 110 valence electrons. The number of aliphatic hydroxyl groups excluding tert-OH is 1. The molecule has 0 radical (unpaired) electrons. The Balaban J connectivity index is 2.42. The number of methoxy groups -OCH3 is 1. The van der Waals surface area contributed by atoms with Gasteiger partial charge in [-0.2, -0.15) is 0 Å². The third kappa shape index (κ3) is 3.53. The summed E-state index contributed by atoms with van der Waals surface area (Å²) in [6, 6.07) is 12.1. The predicted octanol–water partition coefficient (Wildman–Crippen LogP) is 3.81. The van der Waals surface area contributed by atoms with Gasteiger partial charge < -0.3 is 9.84 Å². The molecule has 0 bridgehead atoms. The monoisotopic (exact) mass is 305 g/mol. The summed E-state index contributed by atoms with van der Waals surface area (Å²) in [5, 5.41) is 20.8. The summed E-state index contributed by atoms with van der Waals surface area (Å²) < 4.78 is 5.25. The van der Waals surface area contributed by atoms with Crippen molar-refractivity contribution in [3.8, 4) is 5.75 Å². The summed E-state index contributed by atoms with van der Waals surface area (Å²) in [5.41, 5.74) is 0.496. The van der Waals surface area contributed by atoms with E-state index in [4.69, 9.17) is 4.74 Å². The molecule has 0 aromatic heterocycles. The maximum atomic E-state index is 11.2. The van der Waals surface area contributed by atoms with Crippen LogP contribution < -0.4 is 4.74 Å². The van der Waals surface area contributed by atoms with Crippen molar-refractivity contribution in [2.45, 2.75) is 22.8 Å². The summed E-state index contributed by atoms with van der Waals surface area (Å²) in [6.07, 6.45) is -0.742. The first-order valence-corrected chi connectivity index (χ1v) is 7.12. The second kappa shape index (κ2) is 6.60. The molecule has 2 aromatic carbocycles. The molecule has 0 aliphatic rings. The molecule has 0 heterocycles. The number of ether oxygens (including phenoxy) is 1. The fourth-order valence-corrected chi connectivity index (χ4v) is 2.85. The van der Waals surface area contributed by atoms with E-state index in [0.29, 0.717) is 16.2 Å². The van der Waals surface area contributed by atoms with Crippen molar-refractivity contribution in [2.24, 2.45) is 0 Å². The summed E-state index contributed by atoms with van der Waals surface area (Å²) >= 11 is 1.27. The number of benzene rings is 2. The fraction of sp³-hybridized carbons (Fsp3) is 0.200. The lowest BCUT2D eigenvalue weighted by molar-refractivity contribution is -0.387. The van der Waals surface area contributed by atoms with Gasteiger partial charge in [0.1, 0.15) is 5.75 Å². The van der Waals surface area contributed by atoms with Gasteiger partial charge in [-0.05, 0) is 30.7 Å². The van der Waals surface area contributed by atoms with Crippen molar-refractivity contribution >= 4 is 17.4 Å². The summed E-state index contributed by atoms with van der Waals surface area (Å²) in [7, 11) is 1.56. The molecule has 0 fully saturated rings. The number of hydrogen-bond acceptors (Lipinski definition) is 5. The fourth-order valence-electron chi connectivity index (χ4n) is 1.84. The van der Waals surface area contributed by atoms with Crippen LogP contribution in [-0.4, -0.2) is 17.1 Å². The third-order valence-corrected chi connectivity index (χ3v) is 4.07. The normalized spacial score (nSPS) is 12.0. The van der Waals surface area contributed by atoms with Crippen molar-refractivity contribution in [1.82, 2.24) is 0 Å². The molecule has 6 heteroatoms. The first-order chi connectivity index (χ1) is 10.0. The van der Waals surface area contributed by atoms with Crippen LogP contribution in [0.2, 0.25) is 0 Å². The zero-order chi connectivity index (χ0) is 15.4. The minimum absolute atomic E-state index is 0.0238. The molecule has 1 unspecified atom stereocenters. The molecule has 0 aliphatic carbocycles. The van der Waals surface area contributed by atoms with Crippen molar-refractivity contribution in [1.29, 1.82) is 0 Å². The lowest BCUT2D eigenvalue weighted by Gasteiger charge is -2.10. The van der Waals surface area contributed by atoms with E-state index < -0.39 is 11.0 Å². The van der Waals surface area contributed by atoms with E-state index in [2.05, 4.69) is 0 Å². The molecule has 0 saturated heterocycles. The minimum atomic E-state index is -0.742. The predicted molar refractivity (Wildman–Crippen MR) is 80.8 cm³/mol. The summed E-state index contributed by atoms with van der Waals surface area (Å²) in [6.45, 7) is 1.58. The highest BCUT2D eigenvalue weighted by Gasteiger charge is 2.18. The Morgan fingerprint density at radius 3 is 2.57 bits per heavy atom. The van der Waals surface area contributed by atoms with Gasteiger partial charge in [0, 0.05) is 6.07 Å². The molecule has 2 rings (SSSR count). The Labute approximate surface area is 126 Å². The zero-order valence-electron chi connectivity index (χ0n) is 11.6. The summed E-state index contributed by atoms with van der Waals surface area (Å²) in [5.74, 6) is 0.663. The van der Waals surface area contributed by atoms with Crippen LogP contribution in [0.1, 0.15) is 18.6 Å². The zero-order valence-corrected chi connectivity index (χ0v) is 12.5. The van der Waals surface area contributed by atoms with E-state index in [1.54, 1.807) is 32.2 Å². The van der Waals surface area contributed by atoms with Gasteiger partial charge >= 0.3 is 0 Å². The Hall–Kier alpha value is -2.05. The van der Waals surface area contributed by atoms with Crippen LogP contribution in [-0.2, 0) is 0 Å². The Bertz CT molecular complexity index is 658. The van der Waals surface area contributed by atoms with Gasteiger partial charge in [0.25, 0.3) is 5.69 Å². The van der Waals surface area contributed by atoms with E-state index in [9.17, 15) is 15.2 Å². The Morgan fingerprint density at radius 2 is 1.95 bits per heavy atom. The quantitative estimate of drug-likeness (QED) is 0.671. The number of para-hydroxylation sites is 1. The van der Waals surface area contributed by atoms with Crippen LogP contribution in [0, 0.1) is 10.1 Å². The average Bonchev–Trinajstić information content (AvgIpc) is 2.47. The third-order valence-electron chi connectivity index (χ3n) is 2.95. The molecular formula is C15H15NO4S. The Kier molecular flexibility index (Phi) is 4.82. The van der Waals surface area contributed by atoms with Gasteiger partial charge in [-0.25, -0.2) is 0 Å². The largest absolute Gasteiger partial charge is 0.496 e. The first kappa shape index (κ1) is 15.3. The van der Waals surface area contributed by atoms with Crippen molar-refractivity contribution in [3.05, 3.63) is 58.1 Å². The molecule has 2 aromatic rings. The molecule has 0 aliphatic heterocycles. The molecule has 5 nitrogen and oxygen atoms in total. The van der Waals surface area contributed by atoms with Gasteiger partial charge in [-0.15, -0.1) is 0 Å². The van der Waals surface area contributed by atoms with Gasteiger partial charge in [-0.1, -0.05) is 30.0 Å². The van der Waals surface area contributed by atoms with Crippen LogP contribution in [0.5, 0.6) is 5.75 Å². The van der Waals surface area contributed by atoms with E-state index in [0.717, 1.165) is 4.90 Å². The first-order valence-electron chi connectivity index (χ1n) is 6.30. The van der Waals surface area contributed by atoms with Crippen LogP contribution >= 0.6 is 11.8 Å². The average molecular weight is 305 g/mol. The minimum Gasteiger partial charge on any atom is -0.496 e. The number of nitrogens with zero attached hydrogens (tertiary/aromatic N) is 1. The highest BCUT2D eigenvalue weighted by atomic mass is 32.2. The van der Waals surface area contributed by atoms with E-state index >= 15 is 0 Å². The molecule has 21 heavy (non-hydrogen) atoms. The van der Waals surface area contributed by atoms with Crippen molar-refractivity contribution < 1.29 is 14.8 Å². The van der Waals surface area contributed by atoms with Crippen LogP contribution in [0.15, 0.2) is 52.3 Å². The van der Waals surface area contributed by atoms with Crippen molar-refractivity contribution in [3.63, 3.8) is 0 Å². The van der Waals surface area contributed by atoms with Crippen molar-refractivity contribution in [2.75, 3.05) is 7.11 Å². The molecule has 0 saturated carbocycles. The van der Waals surface area contributed by atoms with Gasteiger partial charge in [-0.3, -0.25) is 10.1 Å². The number of hydrogen-bond donors (Lipinski definition) is 1. The van der Waals surface area contributed by atoms with Gasteiger partial charge in [0.2, 0.25) is 0 Å². The highest BCUT2D eigenvalue weighted by Crippen LogP contribution is 2.40. The standard InChI is InChI=1S/C15H15NO4S/c1-10(17)11-7-8-14(12(9-11)16(18)19)21-15-6-4-3-5-13(15)20-2/h3-10,17H,1-2H3.